The summed E-state index contributed by atoms with van der Waals surface area (Å²) < 4.78 is 5.16. The van der Waals surface area contributed by atoms with Crippen LogP contribution in [0.25, 0.3) is 0 Å². The van der Waals surface area contributed by atoms with E-state index in [-0.39, 0.29) is 13.0 Å². The molecule has 7 nitrogen and oxygen atoms in total. The minimum Gasteiger partial charge on any atom is -0.449 e. The highest BCUT2D eigenvalue weighted by atomic mass is 16.6. The van der Waals surface area contributed by atoms with E-state index in [9.17, 15) is 14.4 Å². The van der Waals surface area contributed by atoms with E-state index < -0.39 is 29.4 Å². The van der Waals surface area contributed by atoms with Crippen molar-refractivity contribution in [2.24, 2.45) is 11.0 Å². The summed E-state index contributed by atoms with van der Waals surface area (Å²) in [6, 6.07) is 16.5. The zero-order chi connectivity index (χ0) is 21.5. The Morgan fingerprint density at radius 1 is 1.13 bits per heavy atom. The van der Waals surface area contributed by atoms with Gasteiger partial charge in [0.05, 0.1) is 12.3 Å². The summed E-state index contributed by atoms with van der Waals surface area (Å²) in [6.07, 6.45) is -0.771. The number of rotatable bonds is 3. The summed E-state index contributed by atoms with van der Waals surface area (Å²) in [7, 11) is 0. The van der Waals surface area contributed by atoms with Crippen molar-refractivity contribution in [3.8, 4) is 0 Å². The number of benzene rings is 2. The lowest BCUT2D eigenvalue weighted by molar-refractivity contribution is -0.134. The molecule has 2 heterocycles. The Balaban J connectivity index is 1.93. The number of carbonyl (C=O) groups is 3. The van der Waals surface area contributed by atoms with Gasteiger partial charge in [0.25, 0.3) is 5.91 Å². The standard InChI is InChI=1S/C23H23N3O4/c1-4-30-22(29)25-19(27)14-16(3)23(25)20(17-8-6-5-7-9-17)24-26(21(23)28)18-12-10-15(2)11-13-18/h5-13,16H,4,14H2,1-3H3/t16-,23-/m1/s1. The summed E-state index contributed by atoms with van der Waals surface area (Å²) in [6.45, 7) is 5.51. The van der Waals surface area contributed by atoms with E-state index in [0.29, 0.717) is 17.0 Å². The first-order valence-corrected chi connectivity index (χ1v) is 9.96. The van der Waals surface area contributed by atoms with E-state index in [1.165, 1.54) is 5.01 Å². The number of anilines is 1. The molecule has 2 aliphatic heterocycles. The van der Waals surface area contributed by atoms with Crippen LogP contribution in [-0.2, 0) is 14.3 Å². The van der Waals surface area contributed by atoms with Crippen molar-refractivity contribution < 1.29 is 19.1 Å². The smallest absolute Gasteiger partial charge is 0.417 e. The maximum absolute atomic E-state index is 13.9. The lowest BCUT2D eigenvalue weighted by Crippen LogP contribution is -2.62. The van der Waals surface area contributed by atoms with Crippen LogP contribution in [0.4, 0.5) is 10.5 Å². The van der Waals surface area contributed by atoms with Crippen LogP contribution in [0.1, 0.15) is 31.4 Å². The average molecular weight is 405 g/mol. The Morgan fingerprint density at radius 3 is 2.43 bits per heavy atom. The van der Waals surface area contributed by atoms with Crippen molar-refractivity contribution in [2.45, 2.75) is 32.7 Å². The first-order chi connectivity index (χ1) is 14.4. The molecule has 4 rings (SSSR count). The maximum Gasteiger partial charge on any atom is 0.417 e. The molecule has 0 saturated carbocycles. The van der Waals surface area contributed by atoms with Crippen LogP contribution in [0.15, 0.2) is 59.7 Å². The van der Waals surface area contributed by atoms with Crippen molar-refractivity contribution in [1.82, 2.24) is 4.90 Å². The summed E-state index contributed by atoms with van der Waals surface area (Å²) in [5, 5.41) is 5.95. The zero-order valence-corrected chi connectivity index (χ0v) is 17.2. The predicted octanol–water partition coefficient (Wildman–Crippen LogP) is 3.51. The van der Waals surface area contributed by atoms with Crippen molar-refractivity contribution in [3.63, 3.8) is 0 Å². The summed E-state index contributed by atoms with van der Waals surface area (Å²) in [5.41, 5.74) is 1.13. The number of nitrogens with zero attached hydrogens (tertiary/aromatic N) is 3. The first-order valence-electron chi connectivity index (χ1n) is 9.96. The van der Waals surface area contributed by atoms with Gasteiger partial charge in [0.15, 0.2) is 5.54 Å². The quantitative estimate of drug-likeness (QED) is 0.783. The van der Waals surface area contributed by atoms with Crippen molar-refractivity contribution in [3.05, 3.63) is 65.7 Å². The molecule has 0 N–H and O–H groups in total. The molecule has 0 aliphatic carbocycles. The second kappa shape index (κ2) is 7.40. The Bertz CT molecular complexity index is 1030. The van der Waals surface area contributed by atoms with Gasteiger partial charge in [0, 0.05) is 17.9 Å². The molecule has 0 radical (unpaired) electrons. The van der Waals surface area contributed by atoms with Crippen LogP contribution in [0.3, 0.4) is 0 Å². The molecule has 2 aliphatic rings. The fourth-order valence-electron chi connectivity index (χ4n) is 4.22. The number of hydrazone groups is 1. The molecular formula is C23H23N3O4. The molecule has 0 bridgehead atoms. The molecule has 154 valence electrons. The molecule has 0 unspecified atom stereocenters. The van der Waals surface area contributed by atoms with Gasteiger partial charge in [-0.3, -0.25) is 9.59 Å². The third kappa shape index (κ3) is 2.81. The highest BCUT2D eigenvalue weighted by molar-refractivity contribution is 6.32. The molecular weight excluding hydrogens is 382 g/mol. The van der Waals surface area contributed by atoms with Gasteiger partial charge in [-0.2, -0.15) is 10.1 Å². The summed E-state index contributed by atoms with van der Waals surface area (Å²) in [4.78, 5) is 40.6. The molecule has 30 heavy (non-hydrogen) atoms. The van der Waals surface area contributed by atoms with Gasteiger partial charge in [-0.1, -0.05) is 55.0 Å². The summed E-state index contributed by atoms with van der Waals surface area (Å²) in [5.74, 6) is -1.34. The largest absolute Gasteiger partial charge is 0.449 e. The minimum atomic E-state index is -1.55. The Kier molecular flexibility index (Phi) is 4.89. The normalized spacial score (nSPS) is 23.3. The Hall–Kier alpha value is -3.48. The van der Waals surface area contributed by atoms with Gasteiger partial charge in [0.1, 0.15) is 5.71 Å². The van der Waals surface area contributed by atoms with Crippen LogP contribution in [0, 0.1) is 12.8 Å². The topological polar surface area (TPSA) is 79.3 Å². The third-order valence-electron chi connectivity index (χ3n) is 5.65. The van der Waals surface area contributed by atoms with Crippen LogP contribution in [0.2, 0.25) is 0 Å². The van der Waals surface area contributed by atoms with Crippen LogP contribution in [0.5, 0.6) is 0 Å². The monoisotopic (exact) mass is 405 g/mol. The van der Waals surface area contributed by atoms with Crippen molar-refractivity contribution in [1.29, 1.82) is 0 Å². The number of aryl methyl sites for hydroxylation is 1. The van der Waals surface area contributed by atoms with Gasteiger partial charge in [0.2, 0.25) is 5.91 Å². The number of ether oxygens (including phenoxy) is 1. The van der Waals surface area contributed by atoms with Crippen LogP contribution in [-0.4, -0.2) is 40.7 Å². The number of hydrogen-bond acceptors (Lipinski definition) is 5. The SMILES string of the molecule is CCOC(=O)N1C(=O)C[C@@H](C)[C@@]12C(=O)N(c1ccc(C)cc1)N=C2c1ccccc1. The van der Waals surface area contributed by atoms with E-state index in [1.54, 1.807) is 26.0 Å². The predicted molar refractivity (Wildman–Crippen MR) is 112 cm³/mol. The van der Waals surface area contributed by atoms with Crippen LogP contribution >= 0.6 is 0 Å². The molecule has 2 atom stereocenters. The van der Waals surface area contributed by atoms with Gasteiger partial charge in [-0.05, 0) is 26.0 Å². The van der Waals surface area contributed by atoms with E-state index in [4.69, 9.17) is 4.74 Å². The fourth-order valence-corrected chi connectivity index (χ4v) is 4.22. The molecule has 1 fully saturated rings. The van der Waals surface area contributed by atoms with Gasteiger partial charge < -0.3 is 4.74 Å². The van der Waals surface area contributed by atoms with Crippen molar-refractivity contribution in [2.75, 3.05) is 11.6 Å². The van der Waals surface area contributed by atoms with Crippen LogP contribution < -0.4 is 5.01 Å². The highest BCUT2D eigenvalue weighted by Gasteiger charge is 2.67. The molecule has 3 amide bonds. The van der Waals surface area contributed by atoms with E-state index in [1.807, 2.05) is 49.4 Å². The highest BCUT2D eigenvalue weighted by Crippen LogP contribution is 2.45. The fraction of sp³-hybridized carbons (Fsp3) is 0.304. The third-order valence-corrected chi connectivity index (χ3v) is 5.65. The number of carbonyl (C=O) groups excluding carboxylic acids is 3. The Labute approximate surface area is 174 Å². The second-order valence-electron chi connectivity index (χ2n) is 7.57. The van der Waals surface area contributed by atoms with E-state index in [0.717, 1.165) is 10.5 Å². The first kappa shape index (κ1) is 19.8. The Morgan fingerprint density at radius 2 is 1.80 bits per heavy atom. The van der Waals surface area contributed by atoms with Gasteiger partial charge in [-0.15, -0.1) is 0 Å². The number of likely N-dealkylation sites (tertiary alicyclic amines) is 1. The molecule has 0 aromatic heterocycles. The summed E-state index contributed by atoms with van der Waals surface area (Å²) >= 11 is 0. The lowest BCUT2D eigenvalue weighted by Gasteiger charge is -2.35. The number of imide groups is 1. The average Bonchev–Trinajstić information content (AvgIpc) is 3.18. The van der Waals surface area contributed by atoms with Gasteiger partial charge in [-0.25, -0.2) is 9.69 Å². The number of amides is 3. The molecule has 1 spiro atoms. The second-order valence-corrected chi connectivity index (χ2v) is 7.57. The van der Waals surface area contributed by atoms with Gasteiger partial charge >= 0.3 is 6.09 Å². The molecule has 7 heteroatoms. The molecule has 2 aromatic carbocycles. The number of hydrogen-bond donors (Lipinski definition) is 0. The van der Waals surface area contributed by atoms with Crippen molar-refractivity contribution >= 4 is 29.3 Å². The van der Waals surface area contributed by atoms with E-state index in [2.05, 4.69) is 5.10 Å². The molecule has 1 saturated heterocycles. The molecule has 2 aromatic rings. The minimum absolute atomic E-state index is 0.0537. The maximum atomic E-state index is 13.9. The lowest BCUT2D eigenvalue weighted by atomic mass is 9.78. The zero-order valence-electron chi connectivity index (χ0n) is 17.2. The van der Waals surface area contributed by atoms with E-state index >= 15 is 0 Å².